The van der Waals surface area contributed by atoms with Gasteiger partial charge in [-0.05, 0) is 36.4 Å². The predicted octanol–water partition coefficient (Wildman–Crippen LogP) is 1.13. The van der Waals surface area contributed by atoms with Crippen LogP contribution in [-0.2, 0) is 0 Å². The molecule has 10 N–H and O–H groups in total. The minimum Gasteiger partial charge on any atom is -0.397 e. The van der Waals surface area contributed by atoms with Gasteiger partial charge in [-0.3, -0.25) is 9.59 Å². The summed E-state index contributed by atoms with van der Waals surface area (Å²) in [6.07, 6.45) is 3.84. The Morgan fingerprint density at radius 1 is 0.769 bits per heavy atom. The maximum atomic E-state index is 11.1. The molecule has 0 radical (unpaired) electrons. The van der Waals surface area contributed by atoms with Crippen molar-refractivity contribution < 1.29 is 9.59 Å². The number of primary amides is 2. The number of nitrogen functional groups attached to an aromatic ring is 2. The van der Waals surface area contributed by atoms with E-state index in [1.807, 2.05) is 12.2 Å². The molecule has 26 heavy (non-hydrogen) atoms. The van der Waals surface area contributed by atoms with E-state index in [9.17, 15) is 9.59 Å². The van der Waals surface area contributed by atoms with E-state index in [-0.39, 0.29) is 0 Å². The zero-order chi connectivity index (χ0) is 19.1. The lowest BCUT2D eigenvalue weighted by Crippen LogP contribution is -2.12. The molecule has 0 fully saturated rings. The van der Waals surface area contributed by atoms with E-state index >= 15 is 0 Å². The smallest absolute Gasteiger partial charge is 0.248 e. The highest BCUT2D eigenvalue weighted by atomic mass is 16.1. The van der Waals surface area contributed by atoms with Crippen LogP contribution in [0.25, 0.3) is 0 Å². The van der Waals surface area contributed by atoms with E-state index in [0.29, 0.717) is 35.6 Å². The average Bonchev–Trinajstić information content (AvgIpc) is 2.59. The molecular formula is C18H22N6O2. The molecule has 0 heterocycles. The van der Waals surface area contributed by atoms with Crippen LogP contribution < -0.4 is 33.6 Å². The molecule has 136 valence electrons. The third-order valence-electron chi connectivity index (χ3n) is 3.66. The van der Waals surface area contributed by atoms with Crippen LogP contribution in [-0.4, -0.2) is 24.9 Å². The van der Waals surface area contributed by atoms with E-state index in [1.54, 1.807) is 24.3 Å². The fourth-order valence-corrected chi connectivity index (χ4v) is 2.26. The molecule has 0 unspecified atom stereocenters. The zero-order valence-corrected chi connectivity index (χ0v) is 14.2. The molecule has 0 atom stereocenters. The number of anilines is 4. The molecule has 8 nitrogen and oxygen atoms in total. The summed E-state index contributed by atoms with van der Waals surface area (Å²) in [5, 5.41) is 6.28. The van der Waals surface area contributed by atoms with Gasteiger partial charge in [0.2, 0.25) is 11.8 Å². The van der Waals surface area contributed by atoms with Crippen LogP contribution in [0.2, 0.25) is 0 Å². The average molecular weight is 354 g/mol. The fourth-order valence-electron chi connectivity index (χ4n) is 2.26. The molecule has 0 spiro atoms. The Morgan fingerprint density at radius 3 is 1.46 bits per heavy atom. The summed E-state index contributed by atoms with van der Waals surface area (Å²) in [6.45, 7) is 1.11. The molecule has 0 aliphatic carbocycles. The molecule has 2 amide bonds. The highest BCUT2D eigenvalue weighted by molar-refractivity contribution is 5.95. The van der Waals surface area contributed by atoms with Crippen molar-refractivity contribution in [2.24, 2.45) is 11.5 Å². The molecule has 0 saturated heterocycles. The van der Waals surface area contributed by atoms with Crippen molar-refractivity contribution in [2.45, 2.75) is 0 Å². The SMILES string of the molecule is NC(=O)c1ccc(NC/C=C/CNc2ccc(C(N)=O)cc2N)c(N)c1. The normalized spacial score (nSPS) is 10.6. The van der Waals surface area contributed by atoms with Gasteiger partial charge in [-0.1, -0.05) is 12.2 Å². The van der Waals surface area contributed by atoms with E-state index in [4.69, 9.17) is 22.9 Å². The van der Waals surface area contributed by atoms with E-state index < -0.39 is 11.8 Å². The maximum Gasteiger partial charge on any atom is 0.248 e. The number of carbonyl (C=O) groups excluding carboxylic acids is 2. The minimum absolute atomic E-state index is 0.368. The summed E-state index contributed by atoms with van der Waals surface area (Å²) >= 11 is 0. The van der Waals surface area contributed by atoms with Gasteiger partial charge in [0, 0.05) is 24.2 Å². The highest BCUT2D eigenvalue weighted by Crippen LogP contribution is 2.20. The summed E-state index contributed by atoms with van der Waals surface area (Å²) < 4.78 is 0. The van der Waals surface area contributed by atoms with Gasteiger partial charge in [0.25, 0.3) is 0 Å². The third-order valence-corrected chi connectivity index (χ3v) is 3.66. The van der Waals surface area contributed by atoms with Crippen molar-refractivity contribution in [1.82, 2.24) is 0 Å². The first-order valence-corrected chi connectivity index (χ1v) is 7.90. The lowest BCUT2D eigenvalue weighted by Gasteiger charge is -2.09. The Bertz CT molecular complexity index is 778. The second-order valence-electron chi connectivity index (χ2n) is 5.57. The van der Waals surface area contributed by atoms with Gasteiger partial charge in [-0.25, -0.2) is 0 Å². The number of amides is 2. The van der Waals surface area contributed by atoms with Crippen molar-refractivity contribution in [3.05, 3.63) is 59.7 Å². The first kappa shape index (κ1) is 18.7. The van der Waals surface area contributed by atoms with E-state index in [2.05, 4.69) is 10.6 Å². The van der Waals surface area contributed by atoms with E-state index in [0.717, 1.165) is 11.4 Å². The van der Waals surface area contributed by atoms with Crippen molar-refractivity contribution in [2.75, 3.05) is 35.2 Å². The first-order valence-electron chi connectivity index (χ1n) is 7.90. The quantitative estimate of drug-likeness (QED) is 0.307. The molecule has 0 saturated carbocycles. The van der Waals surface area contributed by atoms with Crippen LogP contribution in [0, 0.1) is 0 Å². The monoisotopic (exact) mass is 354 g/mol. The Labute approximate surface area is 151 Å². The second-order valence-corrected chi connectivity index (χ2v) is 5.57. The molecule has 2 aromatic rings. The van der Waals surface area contributed by atoms with Crippen molar-refractivity contribution in [3.8, 4) is 0 Å². The third kappa shape index (κ3) is 4.91. The van der Waals surface area contributed by atoms with E-state index in [1.165, 1.54) is 12.1 Å². The highest BCUT2D eigenvalue weighted by Gasteiger charge is 2.04. The Hall–Kier alpha value is -3.68. The van der Waals surface area contributed by atoms with Crippen LogP contribution in [0.5, 0.6) is 0 Å². The lowest BCUT2D eigenvalue weighted by molar-refractivity contribution is 0.0992. The minimum atomic E-state index is -0.516. The largest absolute Gasteiger partial charge is 0.397 e. The summed E-state index contributed by atoms with van der Waals surface area (Å²) in [7, 11) is 0. The standard InChI is InChI=1S/C18H22N6O2/c19-13-9-11(17(21)25)3-5-15(13)23-7-1-2-8-24-16-6-4-12(18(22)26)10-14(16)20/h1-6,9-10,23-24H,7-8,19-20H2,(H2,21,25)(H2,22,26)/b2-1+. The van der Waals surface area contributed by atoms with Gasteiger partial charge < -0.3 is 33.6 Å². The molecular weight excluding hydrogens is 332 g/mol. The topological polar surface area (TPSA) is 162 Å². The van der Waals surface area contributed by atoms with Crippen molar-refractivity contribution >= 4 is 34.6 Å². The van der Waals surface area contributed by atoms with Crippen LogP contribution in [0.15, 0.2) is 48.6 Å². The summed E-state index contributed by atoms with van der Waals surface area (Å²) in [6, 6.07) is 9.73. The second kappa shape index (κ2) is 8.43. The van der Waals surface area contributed by atoms with Gasteiger partial charge >= 0.3 is 0 Å². The number of nitrogens with two attached hydrogens (primary N) is 4. The van der Waals surface area contributed by atoms with Gasteiger partial charge in [-0.2, -0.15) is 0 Å². The summed E-state index contributed by atoms with van der Waals surface area (Å²) in [4.78, 5) is 22.2. The molecule has 0 bridgehead atoms. The molecule has 0 aromatic heterocycles. The van der Waals surface area contributed by atoms with Crippen LogP contribution in [0.4, 0.5) is 22.7 Å². The molecule has 2 aromatic carbocycles. The number of nitrogens with one attached hydrogen (secondary N) is 2. The van der Waals surface area contributed by atoms with Gasteiger partial charge in [0.1, 0.15) is 0 Å². The molecule has 2 rings (SSSR count). The molecule has 8 heteroatoms. The van der Waals surface area contributed by atoms with Crippen molar-refractivity contribution in [1.29, 1.82) is 0 Å². The van der Waals surface area contributed by atoms with Crippen LogP contribution in [0.3, 0.4) is 0 Å². The summed E-state index contributed by atoms with van der Waals surface area (Å²) in [5.74, 6) is -1.03. The number of hydrogen-bond acceptors (Lipinski definition) is 6. The van der Waals surface area contributed by atoms with Gasteiger partial charge in [-0.15, -0.1) is 0 Å². The van der Waals surface area contributed by atoms with Gasteiger partial charge in [0.15, 0.2) is 0 Å². The number of rotatable bonds is 8. The first-order chi connectivity index (χ1) is 12.4. The molecule has 0 aliphatic heterocycles. The molecule has 0 aliphatic rings. The number of carbonyl (C=O) groups is 2. The fraction of sp³-hybridized carbons (Fsp3) is 0.111. The Kier molecular flexibility index (Phi) is 6.05. The van der Waals surface area contributed by atoms with Gasteiger partial charge in [0.05, 0.1) is 22.7 Å². The Balaban J connectivity index is 1.81. The Morgan fingerprint density at radius 2 is 1.15 bits per heavy atom. The summed E-state index contributed by atoms with van der Waals surface area (Å²) in [5.41, 5.74) is 25.2. The predicted molar refractivity (Wildman–Crippen MR) is 105 cm³/mol. The van der Waals surface area contributed by atoms with Crippen LogP contribution in [0.1, 0.15) is 20.7 Å². The van der Waals surface area contributed by atoms with Crippen molar-refractivity contribution in [3.63, 3.8) is 0 Å². The van der Waals surface area contributed by atoms with Crippen LogP contribution >= 0.6 is 0 Å². The number of benzene rings is 2. The maximum absolute atomic E-state index is 11.1. The zero-order valence-electron chi connectivity index (χ0n) is 14.2. The lowest BCUT2D eigenvalue weighted by atomic mass is 10.1. The number of hydrogen-bond donors (Lipinski definition) is 6.